The molecule has 0 fully saturated rings. The molecule has 92 valence electrons. The number of halogens is 1. The van der Waals surface area contributed by atoms with E-state index < -0.39 is 0 Å². The summed E-state index contributed by atoms with van der Waals surface area (Å²) in [5, 5.41) is 5.55. The van der Waals surface area contributed by atoms with Crippen molar-refractivity contribution in [1.29, 1.82) is 0 Å². The van der Waals surface area contributed by atoms with Gasteiger partial charge in [-0.05, 0) is 31.0 Å². The fraction of sp³-hybridized carbons (Fsp3) is 0.385. The van der Waals surface area contributed by atoms with Gasteiger partial charge in [0.1, 0.15) is 0 Å². The Balaban J connectivity index is 1.97. The van der Waals surface area contributed by atoms with Gasteiger partial charge in [-0.3, -0.25) is 0 Å². The van der Waals surface area contributed by atoms with E-state index in [-0.39, 0.29) is 0 Å². The molecule has 1 heterocycles. The second-order valence-corrected chi connectivity index (χ2v) is 6.36. The second kappa shape index (κ2) is 6.64. The van der Waals surface area contributed by atoms with Crippen molar-refractivity contribution in [3.63, 3.8) is 0 Å². The molecule has 1 aromatic carbocycles. The zero-order valence-electron chi connectivity index (χ0n) is 9.83. The van der Waals surface area contributed by atoms with Crippen LogP contribution in [0.4, 0.5) is 0 Å². The molecular formula is C13H16ClNS2. The van der Waals surface area contributed by atoms with Crippen molar-refractivity contribution >= 4 is 44.8 Å². The summed E-state index contributed by atoms with van der Waals surface area (Å²) in [6, 6.07) is 8.32. The summed E-state index contributed by atoms with van der Waals surface area (Å²) < 4.78 is 1.28. The standard InChI is InChI=1S/C13H16ClNS2/c1-16-8-4-7-15-9-12-13(14)10-5-2-3-6-11(10)17-12/h2-3,5-6,15H,4,7-9H2,1H3. The van der Waals surface area contributed by atoms with E-state index in [9.17, 15) is 0 Å². The lowest BCUT2D eigenvalue weighted by Gasteiger charge is -2.02. The highest BCUT2D eigenvalue weighted by molar-refractivity contribution is 7.98. The van der Waals surface area contributed by atoms with Crippen molar-refractivity contribution in [2.75, 3.05) is 18.6 Å². The van der Waals surface area contributed by atoms with Crippen LogP contribution in [0.15, 0.2) is 24.3 Å². The molecule has 0 saturated carbocycles. The van der Waals surface area contributed by atoms with Crippen molar-refractivity contribution in [2.24, 2.45) is 0 Å². The Morgan fingerprint density at radius 1 is 1.35 bits per heavy atom. The van der Waals surface area contributed by atoms with Crippen molar-refractivity contribution < 1.29 is 0 Å². The molecule has 1 aromatic heterocycles. The highest BCUT2D eigenvalue weighted by Gasteiger charge is 2.08. The lowest BCUT2D eigenvalue weighted by atomic mass is 10.2. The summed E-state index contributed by atoms with van der Waals surface area (Å²) in [4.78, 5) is 1.25. The molecule has 0 saturated heterocycles. The summed E-state index contributed by atoms with van der Waals surface area (Å²) in [5.74, 6) is 1.22. The van der Waals surface area contributed by atoms with Crippen molar-refractivity contribution in [1.82, 2.24) is 5.32 Å². The Morgan fingerprint density at radius 3 is 2.94 bits per heavy atom. The van der Waals surface area contributed by atoms with E-state index >= 15 is 0 Å². The second-order valence-electron chi connectivity index (χ2n) is 3.86. The molecule has 0 amide bonds. The number of fused-ring (bicyclic) bond motifs is 1. The molecule has 0 atom stereocenters. The predicted molar refractivity (Wildman–Crippen MR) is 81.5 cm³/mol. The number of hydrogen-bond acceptors (Lipinski definition) is 3. The summed E-state index contributed by atoms with van der Waals surface area (Å²) in [5.41, 5.74) is 0. The Hall–Kier alpha value is -0.220. The number of nitrogens with one attached hydrogen (secondary N) is 1. The molecule has 1 N–H and O–H groups in total. The van der Waals surface area contributed by atoms with E-state index in [1.165, 1.54) is 27.1 Å². The summed E-state index contributed by atoms with van der Waals surface area (Å²) in [6.45, 7) is 1.94. The van der Waals surface area contributed by atoms with Crippen LogP contribution in [0.3, 0.4) is 0 Å². The van der Waals surface area contributed by atoms with Gasteiger partial charge in [0, 0.05) is 21.5 Å². The fourth-order valence-corrected chi connectivity index (χ4v) is 3.62. The maximum absolute atomic E-state index is 6.36. The van der Waals surface area contributed by atoms with Crippen molar-refractivity contribution in [2.45, 2.75) is 13.0 Å². The quantitative estimate of drug-likeness (QED) is 0.790. The monoisotopic (exact) mass is 285 g/mol. The average Bonchev–Trinajstić information content (AvgIpc) is 2.67. The minimum Gasteiger partial charge on any atom is -0.312 e. The minimum absolute atomic E-state index is 0.882. The van der Waals surface area contributed by atoms with Crippen LogP contribution in [0.5, 0.6) is 0 Å². The van der Waals surface area contributed by atoms with Gasteiger partial charge < -0.3 is 5.32 Å². The molecule has 0 aliphatic carbocycles. The van der Waals surface area contributed by atoms with Gasteiger partial charge in [0.15, 0.2) is 0 Å². The lowest BCUT2D eigenvalue weighted by molar-refractivity contribution is 0.685. The van der Waals surface area contributed by atoms with Crippen LogP contribution in [-0.2, 0) is 6.54 Å². The molecular weight excluding hydrogens is 270 g/mol. The van der Waals surface area contributed by atoms with Crippen molar-refractivity contribution in [3.8, 4) is 0 Å². The Kier molecular flexibility index (Phi) is 5.16. The van der Waals surface area contributed by atoms with Gasteiger partial charge in [0.05, 0.1) is 5.02 Å². The maximum Gasteiger partial charge on any atom is 0.0636 e. The lowest BCUT2D eigenvalue weighted by Crippen LogP contribution is -2.14. The molecule has 0 radical (unpaired) electrons. The topological polar surface area (TPSA) is 12.0 Å². The third-order valence-corrected chi connectivity index (χ3v) is 5.00. The number of benzene rings is 1. The van der Waals surface area contributed by atoms with Crippen LogP contribution in [0.2, 0.25) is 5.02 Å². The smallest absolute Gasteiger partial charge is 0.0636 e. The van der Waals surface area contributed by atoms with E-state index in [4.69, 9.17) is 11.6 Å². The zero-order valence-corrected chi connectivity index (χ0v) is 12.2. The van der Waals surface area contributed by atoms with E-state index in [1.807, 2.05) is 17.8 Å². The molecule has 0 spiro atoms. The first kappa shape index (κ1) is 13.2. The first-order valence-corrected chi connectivity index (χ1v) is 8.27. The molecule has 17 heavy (non-hydrogen) atoms. The first-order valence-electron chi connectivity index (χ1n) is 5.68. The highest BCUT2D eigenvalue weighted by Crippen LogP contribution is 2.34. The van der Waals surface area contributed by atoms with E-state index in [1.54, 1.807) is 11.3 Å². The van der Waals surface area contributed by atoms with Crippen LogP contribution in [0.25, 0.3) is 10.1 Å². The van der Waals surface area contributed by atoms with E-state index in [0.29, 0.717) is 0 Å². The van der Waals surface area contributed by atoms with E-state index in [0.717, 1.165) is 18.1 Å². The van der Waals surface area contributed by atoms with E-state index in [2.05, 4.69) is 29.8 Å². The van der Waals surface area contributed by atoms with Crippen molar-refractivity contribution in [3.05, 3.63) is 34.2 Å². The highest BCUT2D eigenvalue weighted by atomic mass is 35.5. The third kappa shape index (κ3) is 3.38. The summed E-state index contributed by atoms with van der Waals surface area (Å²) in [6.07, 6.45) is 3.35. The molecule has 2 rings (SSSR count). The molecule has 0 bridgehead atoms. The SMILES string of the molecule is CSCCCNCc1sc2ccccc2c1Cl. The van der Waals surface area contributed by atoms with Gasteiger partial charge in [-0.1, -0.05) is 29.8 Å². The maximum atomic E-state index is 6.36. The minimum atomic E-state index is 0.882. The largest absolute Gasteiger partial charge is 0.312 e. The summed E-state index contributed by atoms with van der Waals surface area (Å²) >= 11 is 10.0. The Bertz CT molecular complexity index is 481. The van der Waals surface area contributed by atoms with Crippen LogP contribution in [0.1, 0.15) is 11.3 Å². The van der Waals surface area contributed by atoms with Crippen LogP contribution in [0, 0.1) is 0 Å². The molecule has 2 aromatic rings. The van der Waals surface area contributed by atoms with Crippen LogP contribution < -0.4 is 5.32 Å². The number of rotatable bonds is 6. The van der Waals surface area contributed by atoms with Gasteiger partial charge in [-0.25, -0.2) is 0 Å². The van der Waals surface area contributed by atoms with Gasteiger partial charge in [-0.15, -0.1) is 11.3 Å². The molecule has 4 heteroatoms. The van der Waals surface area contributed by atoms with Gasteiger partial charge >= 0.3 is 0 Å². The number of hydrogen-bond donors (Lipinski definition) is 1. The average molecular weight is 286 g/mol. The molecule has 0 aliphatic heterocycles. The number of thiophene rings is 1. The zero-order chi connectivity index (χ0) is 12.1. The molecule has 0 aliphatic rings. The van der Waals surface area contributed by atoms with Gasteiger partial charge in [0.2, 0.25) is 0 Å². The Labute approximate surface area is 116 Å². The molecule has 0 unspecified atom stereocenters. The normalized spacial score (nSPS) is 11.2. The molecule has 1 nitrogen and oxygen atoms in total. The van der Waals surface area contributed by atoms with Gasteiger partial charge in [-0.2, -0.15) is 11.8 Å². The van der Waals surface area contributed by atoms with Crippen LogP contribution in [-0.4, -0.2) is 18.6 Å². The number of thioether (sulfide) groups is 1. The predicted octanol–water partition coefficient (Wildman–Crippen LogP) is 4.40. The van der Waals surface area contributed by atoms with Gasteiger partial charge in [0.25, 0.3) is 0 Å². The summed E-state index contributed by atoms with van der Waals surface area (Å²) in [7, 11) is 0. The Morgan fingerprint density at radius 2 is 2.18 bits per heavy atom. The third-order valence-electron chi connectivity index (χ3n) is 2.59. The fourth-order valence-electron chi connectivity index (χ4n) is 1.72. The first-order chi connectivity index (χ1) is 8.33. The van der Waals surface area contributed by atoms with Crippen LogP contribution >= 0.6 is 34.7 Å².